The molecule has 3 aromatic rings. The second kappa shape index (κ2) is 9.09. The number of likely N-dealkylation sites (N-methyl/N-ethyl adjacent to an activating group) is 1. The van der Waals surface area contributed by atoms with E-state index in [2.05, 4.69) is 20.7 Å². The lowest BCUT2D eigenvalue weighted by atomic mass is 10.2. The van der Waals surface area contributed by atoms with E-state index in [1.165, 1.54) is 13.2 Å². The number of anilines is 1. The molecule has 0 saturated heterocycles. The fraction of sp³-hybridized carbons (Fsp3) is 0.286. The van der Waals surface area contributed by atoms with Gasteiger partial charge < -0.3 is 14.2 Å². The van der Waals surface area contributed by atoms with Crippen molar-refractivity contribution in [3.8, 4) is 5.75 Å². The SMILES string of the molecule is CCN(CC)C(=O)Cn1ccc2cc(NS(=O)(=O)c3cc(Br)ccc3OC)ccc21. The predicted molar refractivity (Wildman–Crippen MR) is 121 cm³/mol. The number of nitrogens with one attached hydrogen (secondary N) is 1. The van der Waals surface area contributed by atoms with Crippen LogP contribution in [0.4, 0.5) is 5.69 Å². The van der Waals surface area contributed by atoms with Gasteiger partial charge in [-0.25, -0.2) is 8.42 Å². The first-order chi connectivity index (χ1) is 14.3. The number of halogens is 1. The van der Waals surface area contributed by atoms with Crippen LogP contribution in [0.2, 0.25) is 0 Å². The van der Waals surface area contributed by atoms with Gasteiger partial charge in [0.05, 0.1) is 7.11 Å². The molecule has 30 heavy (non-hydrogen) atoms. The van der Waals surface area contributed by atoms with Gasteiger partial charge in [0.25, 0.3) is 10.0 Å². The van der Waals surface area contributed by atoms with E-state index >= 15 is 0 Å². The van der Waals surface area contributed by atoms with E-state index in [4.69, 9.17) is 4.74 Å². The minimum absolute atomic E-state index is 0.0434. The number of rotatable bonds is 8. The number of amides is 1. The molecule has 0 fully saturated rings. The lowest BCUT2D eigenvalue weighted by molar-refractivity contribution is -0.131. The van der Waals surface area contributed by atoms with Crippen molar-refractivity contribution in [2.75, 3.05) is 24.9 Å². The molecule has 0 aliphatic heterocycles. The summed E-state index contributed by atoms with van der Waals surface area (Å²) in [5.74, 6) is 0.303. The maximum Gasteiger partial charge on any atom is 0.265 e. The molecule has 0 unspecified atom stereocenters. The van der Waals surface area contributed by atoms with Crippen molar-refractivity contribution in [1.29, 1.82) is 0 Å². The second-order valence-corrected chi connectivity index (χ2v) is 9.25. The lowest BCUT2D eigenvalue weighted by Gasteiger charge is -2.19. The molecule has 2 aromatic carbocycles. The van der Waals surface area contributed by atoms with Crippen molar-refractivity contribution in [2.45, 2.75) is 25.3 Å². The summed E-state index contributed by atoms with van der Waals surface area (Å²) in [7, 11) is -2.42. The molecule has 160 valence electrons. The maximum absolute atomic E-state index is 12.9. The number of nitrogens with zero attached hydrogens (tertiary/aromatic N) is 2. The second-order valence-electron chi connectivity index (χ2n) is 6.68. The van der Waals surface area contributed by atoms with Gasteiger partial charge in [-0.15, -0.1) is 0 Å². The first-order valence-electron chi connectivity index (χ1n) is 9.52. The van der Waals surface area contributed by atoms with E-state index in [-0.39, 0.29) is 23.1 Å². The van der Waals surface area contributed by atoms with Crippen LogP contribution in [-0.2, 0) is 21.4 Å². The van der Waals surface area contributed by atoms with Crippen LogP contribution in [0.25, 0.3) is 10.9 Å². The summed E-state index contributed by atoms with van der Waals surface area (Å²) < 4.78 is 36.1. The summed E-state index contributed by atoms with van der Waals surface area (Å²) in [6, 6.07) is 11.9. The summed E-state index contributed by atoms with van der Waals surface area (Å²) >= 11 is 3.30. The van der Waals surface area contributed by atoms with Crippen molar-refractivity contribution < 1.29 is 17.9 Å². The van der Waals surface area contributed by atoms with Gasteiger partial charge in [0.1, 0.15) is 17.2 Å². The monoisotopic (exact) mass is 493 g/mol. The summed E-state index contributed by atoms with van der Waals surface area (Å²) in [4.78, 5) is 14.2. The third-order valence-corrected chi connectivity index (χ3v) is 6.76. The zero-order valence-corrected chi connectivity index (χ0v) is 19.5. The largest absolute Gasteiger partial charge is 0.495 e. The van der Waals surface area contributed by atoms with Gasteiger partial charge in [-0.05, 0) is 56.3 Å². The predicted octanol–water partition coefficient (Wildman–Crippen LogP) is 4.08. The number of hydrogen-bond donors (Lipinski definition) is 1. The van der Waals surface area contributed by atoms with Crippen molar-refractivity contribution >= 4 is 48.5 Å². The van der Waals surface area contributed by atoms with Crippen LogP contribution >= 0.6 is 15.9 Å². The van der Waals surface area contributed by atoms with E-state index < -0.39 is 10.0 Å². The Morgan fingerprint density at radius 2 is 1.87 bits per heavy atom. The fourth-order valence-corrected chi connectivity index (χ4v) is 5.05. The molecule has 1 amide bonds. The number of carbonyl (C=O) groups excluding carboxylic acids is 1. The van der Waals surface area contributed by atoms with Crippen LogP contribution in [0.15, 0.2) is 58.0 Å². The molecule has 0 aliphatic rings. The molecular formula is C21H24BrN3O4S. The first-order valence-corrected chi connectivity index (χ1v) is 11.8. The highest BCUT2D eigenvalue weighted by Crippen LogP contribution is 2.30. The Kier molecular flexibility index (Phi) is 6.72. The normalized spacial score (nSPS) is 11.5. The van der Waals surface area contributed by atoms with Gasteiger partial charge in [0.2, 0.25) is 5.91 Å². The Hall–Kier alpha value is -2.52. The number of hydrogen-bond acceptors (Lipinski definition) is 4. The lowest BCUT2D eigenvalue weighted by Crippen LogP contribution is -2.33. The van der Waals surface area contributed by atoms with E-state index in [1.54, 1.807) is 35.2 Å². The fourth-order valence-electron chi connectivity index (χ4n) is 3.29. The standard InChI is InChI=1S/C21H24BrN3O4S/c1-4-24(5-2)21(26)14-25-11-10-15-12-17(7-8-18(15)25)23-30(27,28)20-13-16(22)6-9-19(20)29-3/h6-13,23H,4-5,14H2,1-3H3. The molecule has 1 heterocycles. The van der Waals surface area contributed by atoms with Gasteiger partial charge >= 0.3 is 0 Å². The van der Waals surface area contributed by atoms with Gasteiger partial charge in [0, 0.05) is 40.3 Å². The zero-order valence-electron chi connectivity index (χ0n) is 17.1. The molecule has 0 aliphatic carbocycles. The topological polar surface area (TPSA) is 80.6 Å². The number of aromatic nitrogens is 1. The maximum atomic E-state index is 12.9. The average molecular weight is 494 g/mol. The smallest absolute Gasteiger partial charge is 0.265 e. The molecule has 3 rings (SSSR count). The molecular weight excluding hydrogens is 470 g/mol. The van der Waals surface area contributed by atoms with Crippen LogP contribution in [0.3, 0.4) is 0 Å². The molecule has 0 spiro atoms. The van der Waals surface area contributed by atoms with E-state index in [1.807, 2.05) is 30.7 Å². The molecule has 0 radical (unpaired) electrons. The van der Waals surface area contributed by atoms with Crippen LogP contribution in [0, 0.1) is 0 Å². The Bertz CT molecular complexity index is 1170. The van der Waals surface area contributed by atoms with Crippen molar-refractivity contribution in [1.82, 2.24) is 9.47 Å². The highest BCUT2D eigenvalue weighted by Gasteiger charge is 2.20. The number of methoxy groups -OCH3 is 1. The Morgan fingerprint density at radius 3 is 2.53 bits per heavy atom. The minimum atomic E-state index is -3.85. The molecule has 9 heteroatoms. The van der Waals surface area contributed by atoms with E-state index in [9.17, 15) is 13.2 Å². The Balaban J connectivity index is 1.87. The van der Waals surface area contributed by atoms with Gasteiger partial charge in [-0.2, -0.15) is 0 Å². The van der Waals surface area contributed by atoms with Crippen molar-refractivity contribution in [3.05, 3.63) is 53.1 Å². The van der Waals surface area contributed by atoms with Gasteiger partial charge in [0.15, 0.2) is 0 Å². The van der Waals surface area contributed by atoms with Crippen LogP contribution < -0.4 is 9.46 Å². The molecule has 1 N–H and O–H groups in total. The third kappa shape index (κ3) is 4.62. The number of ether oxygens (including phenoxy) is 1. The van der Waals surface area contributed by atoms with E-state index in [0.717, 1.165) is 10.9 Å². The molecule has 7 nitrogen and oxygen atoms in total. The van der Waals surface area contributed by atoms with Crippen LogP contribution in [0.5, 0.6) is 5.75 Å². The quantitative estimate of drug-likeness (QED) is 0.512. The summed E-state index contributed by atoms with van der Waals surface area (Å²) in [6.45, 7) is 5.48. The zero-order chi connectivity index (χ0) is 21.9. The molecule has 1 aromatic heterocycles. The van der Waals surface area contributed by atoms with Crippen LogP contribution in [-0.4, -0.2) is 44.0 Å². The Labute approximate surface area is 184 Å². The summed E-state index contributed by atoms with van der Waals surface area (Å²) in [5.41, 5.74) is 1.29. The Morgan fingerprint density at radius 1 is 1.13 bits per heavy atom. The number of sulfonamides is 1. The van der Waals surface area contributed by atoms with Crippen molar-refractivity contribution in [3.63, 3.8) is 0 Å². The van der Waals surface area contributed by atoms with Gasteiger partial charge in [-0.1, -0.05) is 15.9 Å². The van der Waals surface area contributed by atoms with Crippen LogP contribution in [0.1, 0.15) is 13.8 Å². The number of carbonyl (C=O) groups is 1. The van der Waals surface area contributed by atoms with Crippen molar-refractivity contribution in [2.24, 2.45) is 0 Å². The first kappa shape index (κ1) is 22.2. The molecule has 0 atom stereocenters. The number of fused-ring (bicyclic) bond motifs is 1. The highest BCUT2D eigenvalue weighted by atomic mass is 79.9. The van der Waals surface area contributed by atoms with E-state index in [0.29, 0.717) is 23.2 Å². The highest BCUT2D eigenvalue weighted by molar-refractivity contribution is 9.10. The molecule has 0 bridgehead atoms. The summed E-state index contributed by atoms with van der Waals surface area (Å²) in [6.07, 6.45) is 1.84. The van der Waals surface area contributed by atoms with Gasteiger partial charge in [-0.3, -0.25) is 9.52 Å². The molecule has 0 saturated carbocycles. The third-order valence-electron chi connectivity index (χ3n) is 4.86. The summed E-state index contributed by atoms with van der Waals surface area (Å²) in [5, 5.41) is 0.837. The minimum Gasteiger partial charge on any atom is -0.495 e. The number of benzene rings is 2. The average Bonchev–Trinajstić information content (AvgIpc) is 3.10.